The van der Waals surface area contributed by atoms with Gasteiger partial charge in [0.15, 0.2) is 11.6 Å². The fraction of sp³-hybridized carbons (Fsp3) is 0.154. The molecule has 1 aliphatic heterocycles. The Morgan fingerprint density at radius 1 is 1.37 bits per heavy atom. The molecule has 2 heterocycles. The van der Waals surface area contributed by atoms with Crippen LogP contribution in [-0.4, -0.2) is 23.8 Å². The Labute approximate surface area is 110 Å². The zero-order valence-corrected chi connectivity index (χ0v) is 10.3. The average Bonchev–Trinajstić information content (AvgIpc) is 2.46. The molecule has 0 saturated carbocycles. The van der Waals surface area contributed by atoms with Crippen LogP contribution in [0.3, 0.4) is 0 Å². The summed E-state index contributed by atoms with van der Waals surface area (Å²) in [6, 6.07) is 7.55. The third-order valence-corrected chi connectivity index (χ3v) is 2.86. The van der Waals surface area contributed by atoms with Crippen molar-refractivity contribution in [1.29, 1.82) is 5.26 Å². The number of nitrogens with one attached hydrogen (secondary N) is 1. The predicted octanol–water partition coefficient (Wildman–Crippen LogP) is 2.15. The number of anilines is 4. The van der Waals surface area contributed by atoms with Crippen LogP contribution in [0.2, 0.25) is 0 Å². The maximum Gasteiger partial charge on any atom is 0.178 e. The number of hydrogen-bond acceptors (Lipinski definition) is 6. The van der Waals surface area contributed by atoms with E-state index in [9.17, 15) is 0 Å². The molecule has 0 atom stereocenters. The Morgan fingerprint density at radius 2 is 2.21 bits per heavy atom. The van der Waals surface area contributed by atoms with Crippen molar-refractivity contribution in [3.8, 4) is 6.07 Å². The van der Waals surface area contributed by atoms with Gasteiger partial charge < -0.3 is 10.1 Å². The van der Waals surface area contributed by atoms with Gasteiger partial charge in [0.05, 0.1) is 23.0 Å². The van der Waals surface area contributed by atoms with Crippen LogP contribution in [0.4, 0.5) is 23.0 Å². The van der Waals surface area contributed by atoms with Crippen molar-refractivity contribution in [3.05, 3.63) is 36.2 Å². The number of ether oxygens (including phenoxy) is 1. The van der Waals surface area contributed by atoms with Gasteiger partial charge in [-0.25, -0.2) is 9.97 Å². The SMILES string of the molecule is COCN1c2ccc(C#N)cc2Nc2nccnc21. The molecular weight excluding hydrogens is 242 g/mol. The highest BCUT2D eigenvalue weighted by atomic mass is 16.5. The fourth-order valence-corrected chi connectivity index (χ4v) is 2.06. The van der Waals surface area contributed by atoms with Gasteiger partial charge in [-0.2, -0.15) is 5.26 Å². The van der Waals surface area contributed by atoms with Crippen LogP contribution in [0, 0.1) is 11.3 Å². The zero-order chi connectivity index (χ0) is 13.2. The molecule has 19 heavy (non-hydrogen) atoms. The minimum atomic E-state index is 0.367. The molecule has 2 aromatic rings. The number of rotatable bonds is 2. The molecule has 1 N–H and O–H groups in total. The molecule has 3 rings (SSSR count). The van der Waals surface area contributed by atoms with E-state index >= 15 is 0 Å². The highest BCUT2D eigenvalue weighted by molar-refractivity contribution is 5.88. The van der Waals surface area contributed by atoms with E-state index in [1.807, 2.05) is 11.0 Å². The van der Waals surface area contributed by atoms with E-state index in [1.165, 1.54) is 0 Å². The maximum absolute atomic E-state index is 8.96. The van der Waals surface area contributed by atoms with Gasteiger partial charge in [0, 0.05) is 19.5 Å². The van der Waals surface area contributed by atoms with E-state index in [1.54, 1.807) is 31.6 Å². The Balaban J connectivity index is 2.14. The summed E-state index contributed by atoms with van der Waals surface area (Å²) in [5, 5.41) is 12.1. The largest absolute Gasteiger partial charge is 0.364 e. The van der Waals surface area contributed by atoms with E-state index in [-0.39, 0.29) is 0 Å². The molecule has 6 heteroatoms. The summed E-state index contributed by atoms with van der Waals surface area (Å²) < 4.78 is 5.22. The Hall–Kier alpha value is -2.65. The summed E-state index contributed by atoms with van der Waals surface area (Å²) in [5.74, 6) is 1.36. The van der Waals surface area contributed by atoms with E-state index in [4.69, 9.17) is 10.00 Å². The van der Waals surface area contributed by atoms with Gasteiger partial charge in [-0.1, -0.05) is 0 Å². The van der Waals surface area contributed by atoms with Gasteiger partial charge in [0.1, 0.15) is 6.73 Å². The Morgan fingerprint density at radius 3 is 3.00 bits per heavy atom. The topological polar surface area (TPSA) is 74.1 Å². The minimum Gasteiger partial charge on any atom is -0.364 e. The number of aromatic nitrogens is 2. The first-order valence-electron chi connectivity index (χ1n) is 5.72. The lowest BCUT2D eigenvalue weighted by Crippen LogP contribution is -2.26. The first-order valence-corrected chi connectivity index (χ1v) is 5.72. The van der Waals surface area contributed by atoms with E-state index in [0.717, 1.165) is 11.4 Å². The highest BCUT2D eigenvalue weighted by Crippen LogP contribution is 2.41. The Bertz CT molecular complexity index is 664. The smallest absolute Gasteiger partial charge is 0.178 e. The Kier molecular flexibility index (Phi) is 2.74. The van der Waals surface area contributed by atoms with Crippen molar-refractivity contribution in [3.63, 3.8) is 0 Å². The third-order valence-electron chi connectivity index (χ3n) is 2.86. The number of nitriles is 1. The zero-order valence-electron chi connectivity index (χ0n) is 10.3. The molecule has 6 nitrogen and oxygen atoms in total. The third kappa shape index (κ3) is 1.86. The normalized spacial score (nSPS) is 12.1. The van der Waals surface area contributed by atoms with Crippen molar-refractivity contribution in [2.75, 3.05) is 24.1 Å². The van der Waals surface area contributed by atoms with Crippen molar-refractivity contribution in [2.45, 2.75) is 0 Å². The van der Waals surface area contributed by atoms with Gasteiger partial charge in [-0.05, 0) is 18.2 Å². The van der Waals surface area contributed by atoms with Crippen LogP contribution in [-0.2, 0) is 4.74 Å². The van der Waals surface area contributed by atoms with Crippen molar-refractivity contribution < 1.29 is 4.74 Å². The monoisotopic (exact) mass is 253 g/mol. The van der Waals surface area contributed by atoms with E-state index in [0.29, 0.717) is 23.9 Å². The number of methoxy groups -OCH3 is 1. The van der Waals surface area contributed by atoms with Gasteiger partial charge in [0.2, 0.25) is 0 Å². The second-order valence-electron chi connectivity index (χ2n) is 4.04. The van der Waals surface area contributed by atoms with Gasteiger partial charge in [0.25, 0.3) is 0 Å². The van der Waals surface area contributed by atoms with Crippen molar-refractivity contribution in [1.82, 2.24) is 9.97 Å². The van der Waals surface area contributed by atoms with E-state index in [2.05, 4.69) is 21.4 Å². The summed E-state index contributed by atoms with van der Waals surface area (Å²) in [6.45, 7) is 0.367. The average molecular weight is 253 g/mol. The first kappa shape index (κ1) is 11.4. The van der Waals surface area contributed by atoms with Crippen LogP contribution >= 0.6 is 0 Å². The fourth-order valence-electron chi connectivity index (χ4n) is 2.06. The summed E-state index contributed by atoms with van der Waals surface area (Å²) >= 11 is 0. The lowest BCUT2D eigenvalue weighted by molar-refractivity contribution is 0.205. The molecule has 0 unspecified atom stereocenters. The molecule has 1 aromatic carbocycles. The second-order valence-corrected chi connectivity index (χ2v) is 4.04. The quantitative estimate of drug-likeness (QED) is 0.883. The van der Waals surface area contributed by atoms with Crippen LogP contribution in [0.15, 0.2) is 30.6 Å². The van der Waals surface area contributed by atoms with Gasteiger partial charge >= 0.3 is 0 Å². The highest BCUT2D eigenvalue weighted by Gasteiger charge is 2.24. The molecule has 1 aromatic heterocycles. The lowest BCUT2D eigenvalue weighted by Gasteiger charge is -2.31. The standard InChI is InChI=1S/C13H11N5O/c1-19-8-18-11-3-2-9(7-14)6-10(11)17-12-13(18)16-5-4-15-12/h2-6H,8H2,1H3,(H,15,17). The number of fused-ring (bicyclic) bond motifs is 2. The minimum absolute atomic E-state index is 0.367. The molecular formula is C13H11N5O. The van der Waals surface area contributed by atoms with Crippen LogP contribution in [0.25, 0.3) is 0 Å². The lowest BCUT2D eigenvalue weighted by atomic mass is 10.1. The molecule has 0 spiro atoms. The van der Waals surface area contributed by atoms with Gasteiger partial charge in [-0.15, -0.1) is 0 Å². The second kappa shape index (κ2) is 4.55. The number of benzene rings is 1. The van der Waals surface area contributed by atoms with Crippen LogP contribution in [0.1, 0.15) is 5.56 Å². The van der Waals surface area contributed by atoms with Gasteiger partial charge in [-0.3, -0.25) is 4.90 Å². The first-order chi connectivity index (χ1) is 9.33. The summed E-state index contributed by atoms with van der Waals surface area (Å²) in [6.07, 6.45) is 3.26. The molecule has 0 radical (unpaired) electrons. The number of hydrogen-bond donors (Lipinski definition) is 1. The van der Waals surface area contributed by atoms with E-state index < -0.39 is 0 Å². The molecule has 0 amide bonds. The summed E-state index contributed by atoms with van der Waals surface area (Å²) in [7, 11) is 1.63. The maximum atomic E-state index is 8.96. The molecule has 0 bridgehead atoms. The van der Waals surface area contributed by atoms with Crippen LogP contribution < -0.4 is 10.2 Å². The summed E-state index contributed by atoms with van der Waals surface area (Å²) in [4.78, 5) is 10.5. The van der Waals surface area contributed by atoms with Crippen molar-refractivity contribution in [2.24, 2.45) is 0 Å². The molecule has 1 aliphatic rings. The number of nitrogens with zero attached hydrogens (tertiary/aromatic N) is 4. The molecule has 94 valence electrons. The molecule has 0 aliphatic carbocycles. The molecule has 0 fully saturated rings. The molecule has 0 saturated heterocycles. The van der Waals surface area contributed by atoms with Crippen LogP contribution in [0.5, 0.6) is 0 Å². The summed E-state index contributed by atoms with van der Waals surface area (Å²) in [5.41, 5.74) is 2.33. The predicted molar refractivity (Wildman–Crippen MR) is 70.5 cm³/mol. The van der Waals surface area contributed by atoms with Crippen molar-refractivity contribution >= 4 is 23.0 Å².